The molecule has 8 nitrogen and oxygen atoms in total. The lowest BCUT2D eigenvalue weighted by atomic mass is 9.95. The second kappa shape index (κ2) is 9.37. The minimum atomic E-state index is -0.251. The summed E-state index contributed by atoms with van der Waals surface area (Å²) in [7, 11) is 0. The van der Waals surface area contributed by atoms with Crippen molar-refractivity contribution in [2.45, 2.75) is 38.1 Å². The predicted molar refractivity (Wildman–Crippen MR) is 109 cm³/mol. The minimum Gasteiger partial charge on any atom is -0.379 e. The van der Waals surface area contributed by atoms with Crippen LogP contribution in [0.1, 0.15) is 53.2 Å². The molecule has 2 N–H and O–H groups in total. The maximum Gasteiger partial charge on any atom is 0.287 e. The predicted octanol–water partition coefficient (Wildman–Crippen LogP) is 1.46. The highest BCUT2D eigenvalue weighted by molar-refractivity contribution is 6.02. The van der Waals surface area contributed by atoms with Crippen molar-refractivity contribution < 1.29 is 14.3 Å². The Morgan fingerprint density at radius 2 is 1.90 bits per heavy atom. The van der Waals surface area contributed by atoms with Crippen LogP contribution in [0.3, 0.4) is 0 Å². The summed E-state index contributed by atoms with van der Waals surface area (Å²) in [6.07, 6.45) is 7.30. The molecule has 2 aromatic rings. The van der Waals surface area contributed by atoms with E-state index in [9.17, 15) is 9.59 Å². The molecule has 156 valence electrons. The summed E-state index contributed by atoms with van der Waals surface area (Å²) in [6.45, 7) is 4.55. The Bertz CT molecular complexity index is 853. The second-order valence-electron chi connectivity index (χ2n) is 7.76. The van der Waals surface area contributed by atoms with Crippen molar-refractivity contribution in [2.75, 3.05) is 39.4 Å². The molecule has 1 aliphatic carbocycles. The zero-order valence-electron chi connectivity index (χ0n) is 16.7. The van der Waals surface area contributed by atoms with Gasteiger partial charge in [-0.15, -0.1) is 0 Å². The van der Waals surface area contributed by atoms with Crippen molar-refractivity contribution in [3.05, 3.63) is 35.9 Å². The molecule has 0 unspecified atom stereocenters. The smallest absolute Gasteiger partial charge is 0.287 e. The number of pyridine rings is 1. The van der Waals surface area contributed by atoms with E-state index in [2.05, 4.69) is 20.5 Å². The standard InChI is InChI=1S/C21H29N5O3/c27-20(22-9-11-25-12-14-29-15-13-25)18-17-8-4-5-10-26(17)19(24-18)21(28)23-16-6-2-1-3-7-16/h4-5,8,10,16H,1-3,6-7,9,11-15H2,(H,22,27)(H,23,28). The van der Waals surface area contributed by atoms with E-state index in [1.54, 1.807) is 10.6 Å². The van der Waals surface area contributed by atoms with Gasteiger partial charge in [0.25, 0.3) is 11.8 Å². The number of imidazole rings is 1. The highest BCUT2D eigenvalue weighted by atomic mass is 16.5. The molecule has 2 aliphatic rings. The fourth-order valence-electron chi connectivity index (χ4n) is 4.10. The summed E-state index contributed by atoms with van der Waals surface area (Å²) in [5.41, 5.74) is 0.937. The number of amides is 2. The molecule has 1 saturated heterocycles. The largest absolute Gasteiger partial charge is 0.379 e. The number of nitrogens with zero attached hydrogens (tertiary/aromatic N) is 3. The van der Waals surface area contributed by atoms with Crippen LogP contribution in [0.15, 0.2) is 24.4 Å². The molecule has 8 heteroatoms. The molecule has 2 aromatic heterocycles. The number of carbonyl (C=O) groups is 2. The Morgan fingerprint density at radius 3 is 2.69 bits per heavy atom. The van der Waals surface area contributed by atoms with Crippen LogP contribution in [-0.2, 0) is 4.74 Å². The van der Waals surface area contributed by atoms with Crippen molar-refractivity contribution in [1.29, 1.82) is 0 Å². The van der Waals surface area contributed by atoms with E-state index in [4.69, 9.17) is 4.74 Å². The SMILES string of the molecule is O=C(NCCN1CCOCC1)c1nc(C(=O)NC2CCCCC2)n2ccccc12. The third kappa shape index (κ3) is 4.76. The first-order chi connectivity index (χ1) is 14.2. The van der Waals surface area contributed by atoms with E-state index in [1.165, 1.54) is 6.42 Å². The molecule has 2 fully saturated rings. The van der Waals surface area contributed by atoms with Gasteiger partial charge in [0, 0.05) is 38.4 Å². The fourth-order valence-corrected chi connectivity index (χ4v) is 4.10. The zero-order chi connectivity index (χ0) is 20.1. The van der Waals surface area contributed by atoms with Crippen molar-refractivity contribution in [3.8, 4) is 0 Å². The number of hydrogen-bond acceptors (Lipinski definition) is 5. The van der Waals surface area contributed by atoms with E-state index >= 15 is 0 Å². The molecule has 29 heavy (non-hydrogen) atoms. The highest BCUT2D eigenvalue weighted by Crippen LogP contribution is 2.19. The monoisotopic (exact) mass is 399 g/mol. The van der Waals surface area contributed by atoms with Gasteiger partial charge in [-0.2, -0.15) is 0 Å². The highest BCUT2D eigenvalue weighted by Gasteiger charge is 2.24. The number of carbonyl (C=O) groups excluding carboxylic acids is 2. The van der Waals surface area contributed by atoms with Gasteiger partial charge in [0.1, 0.15) is 0 Å². The first kappa shape index (κ1) is 19.8. The third-order valence-corrected chi connectivity index (χ3v) is 5.72. The van der Waals surface area contributed by atoms with E-state index in [0.717, 1.165) is 58.5 Å². The van der Waals surface area contributed by atoms with Gasteiger partial charge in [-0.25, -0.2) is 4.98 Å². The van der Waals surface area contributed by atoms with E-state index in [-0.39, 0.29) is 23.7 Å². The number of nitrogens with one attached hydrogen (secondary N) is 2. The lowest BCUT2D eigenvalue weighted by Gasteiger charge is -2.26. The fraction of sp³-hybridized carbons (Fsp3) is 0.571. The maximum absolute atomic E-state index is 12.8. The lowest BCUT2D eigenvalue weighted by molar-refractivity contribution is 0.0383. The molecule has 0 aromatic carbocycles. The van der Waals surface area contributed by atoms with Gasteiger partial charge < -0.3 is 15.4 Å². The summed E-state index contributed by atoms with van der Waals surface area (Å²) in [6, 6.07) is 5.70. The Hall–Kier alpha value is -2.45. The van der Waals surface area contributed by atoms with Crippen LogP contribution in [0.5, 0.6) is 0 Å². The van der Waals surface area contributed by atoms with Crippen molar-refractivity contribution in [3.63, 3.8) is 0 Å². The van der Waals surface area contributed by atoms with Crippen LogP contribution in [0, 0.1) is 0 Å². The topological polar surface area (TPSA) is 88.0 Å². The summed E-state index contributed by atoms with van der Waals surface area (Å²) >= 11 is 0. The van der Waals surface area contributed by atoms with Crippen LogP contribution < -0.4 is 10.6 Å². The van der Waals surface area contributed by atoms with Gasteiger partial charge in [-0.05, 0) is 25.0 Å². The van der Waals surface area contributed by atoms with Gasteiger partial charge in [0.05, 0.1) is 18.7 Å². The first-order valence-electron chi connectivity index (χ1n) is 10.6. The van der Waals surface area contributed by atoms with Gasteiger partial charge in [-0.1, -0.05) is 25.3 Å². The summed E-state index contributed by atoms with van der Waals surface area (Å²) < 4.78 is 7.05. The van der Waals surface area contributed by atoms with Crippen LogP contribution >= 0.6 is 0 Å². The van der Waals surface area contributed by atoms with Crippen LogP contribution in [0.4, 0.5) is 0 Å². The van der Waals surface area contributed by atoms with Gasteiger partial charge in [0.15, 0.2) is 5.69 Å². The van der Waals surface area contributed by atoms with Gasteiger partial charge in [-0.3, -0.25) is 18.9 Å². The minimum absolute atomic E-state index is 0.193. The second-order valence-corrected chi connectivity index (χ2v) is 7.76. The third-order valence-electron chi connectivity index (χ3n) is 5.72. The van der Waals surface area contributed by atoms with Crippen LogP contribution in [0.25, 0.3) is 5.52 Å². The maximum atomic E-state index is 12.8. The quantitative estimate of drug-likeness (QED) is 0.768. The van der Waals surface area contributed by atoms with Gasteiger partial charge >= 0.3 is 0 Å². The number of fused-ring (bicyclic) bond motifs is 1. The Labute approximate surface area is 170 Å². The molecule has 0 spiro atoms. The number of aromatic nitrogens is 2. The number of ether oxygens (including phenoxy) is 1. The molecular formula is C21H29N5O3. The van der Waals surface area contributed by atoms with Crippen LogP contribution in [0.2, 0.25) is 0 Å². The molecule has 4 rings (SSSR count). The number of morpholine rings is 1. The molecular weight excluding hydrogens is 370 g/mol. The van der Waals surface area contributed by atoms with Gasteiger partial charge in [0.2, 0.25) is 5.82 Å². The van der Waals surface area contributed by atoms with Crippen molar-refractivity contribution in [2.24, 2.45) is 0 Å². The number of rotatable bonds is 6. The van der Waals surface area contributed by atoms with Crippen LogP contribution in [-0.4, -0.2) is 71.5 Å². The normalized spacial score (nSPS) is 18.6. The molecule has 0 bridgehead atoms. The van der Waals surface area contributed by atoms with Crippen molar-refractivity contribution >= 4 is 17.3 Å². The molecule has 1 aliphatic heterocycles. The Morgan fingerprint density at radius 1 is 1.10 bits per heavy atom. The molecule has 2 amide bonds. The van der Waals surface area contributed by atoms with E-state index in [1.807, 2.05) is 18.2 Å². The average molecular weight is 399 g/mol. The summed E-state index contributed by atoms with van der Waals surface area (Å²) in [5.74, 6) is -0.200. The Balaban J connectivity index is 1.44. The van der Waals surface area contributed by atoms with Crippen molar-refractivity contribution in [1.82, 2.24) is 24.9 Å². The number of hydrogen-bond donors (Lipinski definition) is 2. The summed E-state index contributed by atoms with van der Waals surface area (Å²) in [4.78, 5) is 32.3. The summed E-state index contributed by atoms with van der Waals surface area (Å²) in [5, 5.41) is 6.04. The Kier molecular flexibility index (Phi) is 6.41. The first-order valence-corrected chi connectivity index (χ1v) is 10.6. The lowest BCUT2D eigenvalue weighted by Crippen LogP contribution is -2.41. The van der Waals surface area contributed by atoms with E-state index < -0.39 is 0 Å². The molecule has 0 atom stereocenters. The molecule has 1 saturated carbocycles. The van der Waals surface area contributed by atoms with E-state index in [0.29, 0.717) is 17.8 Å². The zero-order valence-corrected chi connectivity index (χ0v) is 16.7. The molecule has 0 radical (unpaired) electrons. The average Bonchev–Trinajstić information content (AvgIpc) is 3.15. The molecule has 3 heterocycles.